The molecular formula is C14H10ClFO2. The van der Waals surface area contributed by atoms with Crippen molar-refractivity contribution in [3.05, 3.63) is 70.5 Å². The number of hydrogen-bond acceptors (Lipinski definition) is 2. The lowest BCUT2D eigenvalue weighted by Gasteiger charge is -2.10. The molecule has 0 spiro atoms. The fourth-order valence-electron chi connectivity index (χ4n) is 1.60. The molecule has 2 rings (SSSR count). The van der Waals surface area contributed by atoms with E-state index in [9.17, 15) is 14.3 Å². The second-order valence-electron chi connectivity index (χ2n) is 3.80. The van der Waals surface area contributed by atoms with E-state index >= 15 is 0 Å². The minimum absolute atomic E-state index is 0.246. The Morgan fingerprint density at radius 2 is 1.72 bits per heavy atom. The van der Waals surface area contributed by atoms with Crippen LogP contribution in [-0.4, -0.2) is 10.9 Å². The Labute approximate surface area is 109 Å². The summed E-state index contributed by atoms with van der Waals surface area (Å²) >= 11 is 5.88. The van der Waals surface area contributed by atoms with Gasteiger partial charge < -0.3 is 5.11 Å². The van der Waals surface area contributed by atoms with Crippen LogP contribution in [0.15, 0.2) is 48.5 Å². The molecule has 0 amide bonds. The van der Waals surface area contributed by atoms with E-state index in [0.29, 0.717) is 5.56 Å². The zero-order chi connectivity index (χ0) is 13.1. The van der Waals surface area contributed by atoms with Gasteiger partial charge in [-0.3, -0.25) is 4.79 Å². The van der Waals surface area contributed by atoms with Crippen molar-refractivity contribution >= 4 is 17.4 Å². The number of carbonyl (C=O) groups is 1. The Kier molecular flexibility index (Phi) is 3.75. The Morgan fingerprint density at radius 3 is 2.33 bits per heavy atom. The van der Waals surface area contributed by atoms with Crippen LogP contribution in [0.4, 0.5) is 4.39 Å². The molecule has 2 nitrogen and oxygen atoms in total. The summed E-state index contributed by atoms with van der Waals surface area (Å²) in [5, 5.41) is 10.2. The summed E-state index contributed by atoms with van der Waals surface area (Å²) in [6.45, 7) is 0. The van der Waals surface area contributed by atoms with E-state index in [4.69, 9.17) is 11.6 Å². The first-order valence-corrected chi connectivity index (χ1v) is 5.69. The molecular weight excluding hydrogens is 255 g/mol. The van der Waals surface area contributed by atoms with Crippen molar-refractivity contribution in [1.29, 1.82) is 0 Å². The van der Waals surface area contributed by atoms with Gasteiger partial charge in [-0.1, -0.05) is 35.9 Å². The van der Waals surface area contributed by atoms with Gasteiger partial charge >= 0.3 is 0 Å². The normalized spacial score (nSPS) is 12.2. The SMILES string of the molecule is O=C(c1ccccc1Cl)C(O)c1ccc(F)cc1. The van der Waals surface area contributed by atoms with Crippen molar-refractivity contribution in [1.82, 2.24) is 0 Å². The zero-order valence-corrected chi connectivity index (χ0v) is 10.1. The standard InChI is InChI=1S/C14H10ClFO2/c15-12-4-2-1-3-11(12)14(18)13(17)9-5-7-10(16)8-6-9/h1-8,13,17H. The number of hydrogen-bond donors (Lipinski definition) is 1. The molecule has 0 aliphatic carbocycles. The molecule has 92 valence electrons. The molecule has 0 heterocycles. The molecule has 18 heavy (non-hydrogen) atoms. The number of aliphatic hydroxyl groups excluding tert-OH is 1. The van der Waals surface area contributed by atoms with Gasteiger partial charge in [0.25, 0.3) is 0 Å². The van der Waals surface area contributed by atoms with Crippen LogP contribution in [0.25, 0.3) is 0 Å². The number of Topliss-reactive ketones (excluding diaryl/α,β-unsaturated/α-hetero) is 1. The zero-order valence-electron chi connectivity index (χ0n) is 9.31. The average Bonchev–Trinajstić information content (AvgIpc) is 2.38. The molecule has 0 aromatic heterocycles. The summed E-state index contributed by atoms with van der Waals surface area (Å²) in [6, 6.07) is 11.6. The van der Waals surface area contributed by atoms with Crippen LogP contribution in [-0.2, 0) is 0 Å². The van der Waals surface area contributed by atoms with E-state index in [1.165, 1.54) is 30.3 Å². The molecule has 2 aromatic carbocycles. The first kappa shape index (κ1) is 12.7. The molecule has 1 unspecified atom stereocenters. The maximum Gasteiger partial charge on any atom is 0.197 e. The first-order valence-electron chi connectivity index (χ1n) is 5.32. The van der Waals surface area contributed by atoms with Crippen LogP contribution in [0.5, 0.6) is 0 Å². The summed E-state index contributed by atoms with van der Waals surface area (Å²) in [7, 11) is 0. The summed E-state index contributed by atoms with van der Waals surface area (Å²) in [5.74, 6) is -0.927. The molecule has 1 atom stereocenters. The van der Waals surface area contributed by atoms with Gasteiger partial charge in [0.2, 0.25) is 0 Å². The highest BCUT2D eigenvalue weighted by atomic mass is 35.5. The molecule has 1 N–H and O–H groups in total. The lowest BCUT2D eigenvalue weighted by atomic mass is 10.00. The van der Waals surface area contributed by atoms with Crippen molar-refractivity contribution in [2.45, 2.75) is 6.10 Å². The highest BCUT2D eigenvalue weighted by molar-refractivity contribution is 6.34. The molecule has 0 saturated heterocycles. The minimum Gasteiger partial charge on any atom is -0.380 e. The van der Waals surface area contributed by atoms with Crippen LogP contribution >= 0.6 is 11.6 Å². The van der Waals surface area contributed by atoms with Gasteiger partial charge in [0, 0.05) is 5.56 Å². The highest BCUT2D eigenvalue weighted by Crippen LogP contribution is 2.23. The highest BCUT2D eigenvalue weighted by Gasteiger charge is 2.20. The van der Waals surface area contributed by atoms with Crippen LogP contribution in [0.3, 0.4) is 0 Å². The molecule has 0 bridgehead atoms. The number of halogens is 2. The summed E-state index contributed by atoms with van der Waals surface area (Å²) < 4.78 is 12.8. The van der Waals surface area contributed by atoms with Crippen molar-refractivity contribution in [3.63, 3.8) is 0 Å². The van der Waals surface area contributed by atoms with E-state index in [1.807, 2.05) is 0 Å². The van der Waals surface area contributed by atoms with E-state index in [0.717, 1.165) is 0 Å². The largest absolute Gasteiger partial charge is 0.380 e. The topological polar surface area (TPSA) is 37.3 Å². The van der Waals surface area contributed by atoms with Crippen LogP contribution in [0.2, 0.25) is 5.02 Å². The van der Waals surface area contributed by atoms with Crippen LogP contribution < -0.4 is 0 Å². The number of ketones is 1. The molecule has 0 radical (unpaired) electrons. The van der Waals surface area contributed by atoms with Gasteiger partial charge in [-0.2, -0.15) is 0 Å². The number of aliphatic hydroxyl groups is 1. The van der Waals surface area contributed by atoms with Gasteiger partial charge in [-0.25, -0.2) is 4.39 Å². The predicted molar refractivity (Wildman–Crippen MR) is 67.1 cm³/mol. The van der Waals surface area contributed by atoms with E-state index in [1.54, 1.807) is 18.2 Å². The summed E-state index contributed by atoms with van der Waals surface area (Å²) in [6.07, 6.45) is -1.34. The van der Waals surface area contributed by atoms with E-state index < -0.39 is 17.7 Å². The van der Waals surface area contributed by atoms with Crippen molar-refractivity contribution in [2.75, 3.05) is 0 Å². The summed E-state index contributed by atoms with van der Waals surface area (Å²) in [4.78, 5) is 12.0. The number of benzene rings is 2. The van der Waals surface area contributed by atoms with Gasteiger partial charge in [0.1, 0.15) is 11.9 Å². The minimum atomic E-state index is -1.34. The maximum absolute atomic E-state index is 12.8. The van der Waals surface area contributed by atoms with Crippen molar-refractivity contribution < 1.29 is 14.3 Å². The Bertz CT molecular complexity index is 566. The molecule has 0 aliphatic rings. The van der Waals surface area contributed by atoms with Gasteiger partial charge in [-0.05, 0) is 29.8 Å². The van der Waals surface area contributed by atoms with Crippen LogP contribution in [0.1, 0.15) is 22.0 Å². The smallest absolute Gasteiger partial charge is 0.197 e. The third kappa shape index (κ3) is 2.58. The third-order valence-electron chi connectivity index (χ3n) is 2.57. The lowest BCUT2D eigenvalue weighted by Crippen LogP contribution is -2.12. The molecule has 4 heteroatoms. The molecule has 0 fully saturated rings. The third-order valence-corrected chi connectivity index (χ3v) is 2.90. The fourth-order valence-corrected chi connectivity index (χ4v) is 1.83. The maximum atomic E-state index is 12.8. The van der Waals surface area contributed by atoms with Crippen molar-refractivity contribution in [2.24, 2.45) is 0 Å². The number of rotatable bonds is 3. The van der Waals surface area contributed by atoms with Gasteiger partial charge in [0.15, 0.2) is 5.78 Å². The fraction of sp³-hybridized carbons (Fsp3) is 0.0714. The van der Waals surface area contributed by atoms with Crippen LogP contribution in [0, 0.1) is 5.82 Å². The predicted octanol–water partition coefficient (Wildman–Crippen LogP) is 3.40. The Hall–Kier alpha value is -1.71. The van der Waals surface area contributed by atoms with E-state index in [-0.39, 0.29) is 10.6 Å². The molecule has 0 saturated carbocycles. The Morgan fingerprint density at radius 1 is 1.11 bits per heavy atom. The monoisotopic (exact) mass is 264 g/mol. The van der Waals surface area contributed by atoms with E-state index in [2.05, 4.69) is 0 Å². The summed E-state index contributed by atoms with van der Waals surface area (Å²) in [5.41, 5.74) is 0.581. The quantitative estimate of drug-likeness (QED) is 0.863. The lowest BCUT2D eigenvalue weighted by molar-refractivity contribution is 0.0747. The van der Waals surface area contributed by atoms with Gasteiger partial charge in [0.05, 0.1) is 5.02 Å². The average molecular weight is 265 g/mol. The molecule has 0 aliphatic heterocycles. The van der Waals surface area contributed by atoms with Gasteiger partial charge in [-0.15, -0.1) is 0 Å². The van der Waals surface area contributed by atoms with Crippen molar-refractivity contribution in [3.8, 4) is 0 Å². The first-order chi connectivity index (χ1) is 8.59. The molecule has 2 aromatic rings. The second-order valence-corrected chi connectivity index (χ2v) is 4.21. The second kappa shape index (κ2) is 5.29. The number of carbonyl (C=O) groups excluding carboxylic acids is 1. The Balaban J connectivity index is 2.29.